The van der Waals surface area contributed by atoms with E-state index >= 15 is 0 Å². The molecule has 2 aromatic rings. The van der Waals surface area contributed by atoms with Crippen molar-refractivity contribution in [2.45, 2.75) is 26.9 Å². The van der Waals surface area contributed by atoms with Crippen LogP contribution in [0.25, 0.3) is 10.2 Å². The van der Waals surface area contributed by atoms with Crippen molar-refractivity contribution in [1.82, 2.24) is 9.55 Å². The van der Waals surface area contributed by atoms with Gasteiger partial charge in [0.25, 0.3) is 5.56 Å². The second kappa shape index (κ2) is 6.45. The molecule has 0 saturated carbocycles. The van der Waals surface area contributed by atoms with Gasteiger partial charge in [-0.05, 0) is 26.3 Å². The Bertz CT molecular complexity index is 764. The Morgan fingerprint density at radius 3 is 2.77 bits per heavy atom. The molecule has 0 aliphatic rings. The lowest BCUT2D eigenvalue weighted by atomic mass is 10.2. The van der Waals surface area contributed by atoms with Gasteiger partial charge in [0, 0.05) is 20.1 Å². The molecule has 3 N–H and O–H groups in total. The minimum atomic E-state index is -0.422. The Balaban J connectivity index is 2.56. The Morgan fingerprint density at radius 1 is 1.50 bits per heavy atom. The SMILES string of the molecule is Cc1c(C(=O)OC(C)C)sc2nc(NCCN)n(C)c(=O)c12. The summed E-state index contributed by atoms with van der Waals surface area (Å²) in [7, 11) is 1.64. The molecule has 120 valence electrons. The predicted molar refractivity (Wildman–Crippen MR) is 87.7 cm³/mol. The molecular formula is C14H20N4O3S. The maximum absolute atomic E-state index is 12.5. The van der Waals surface area contributed by atoms with E-state index in [4.69, 9.17) is 10.5 Å². The van der Waals surface area contributed by atoms with Crippen LogP contribution in [0.3, 0.4) is 0 Å². The minimum absolute atomic E-state index is 0.193. The highest BCUT2D eigenvalue weighted by Gasteiger charge is 2.22. The molecule has 0 bridgehead atoms. The second-order valence-corrected chi connectivity index (χ2v) is 6.20. The number of anilines is 1. The van der Waals surface area contributed by atoms with Crippen molar-refractivity contribution < 1.29 is 9.53 Å². The molecule has 7 nitrogen and oxygen atoms in total. The predicted octanol–water partition coefficient (Wildman–Crippen LogP) is 1.24. The number of hydrogen-bond donors (Lipinski definition) is 2. The Hall–Kier alpha value is -1.93. The van der Waals surface area contributed by atoms with E-state index in [0.717, 1.165) is 0 Å². The van der Waals surface area contributed by atoms with Gasteiger partial charge in [0.15, 0.2) is 0 Å². The molecule has 0 amide bonds. The number of rotatable bonds is 5. The zero-order valence-corrected chi connectivity index (χ0v) is 13.9. The van der Waals surface area contributed by atoms with E-state index in [0.29, 0.717) is 39.7 Å². The van der Waals surface area contributed by atoms with E-state index in [1.807, 2.05) is 0 Å². The summed E-state index contributed by atoms with van der Waals surface area (Å²) in [5.41, 5.74) is 5.88. The Morgan fingerprint density at radius 2 is 2.18 bits per heavy atom. The molecule has 2 rings (SSSR count). The molecule has 0 aliphatic carbocycles. The number of nitrogens with two attached hydrogens (primary N) is 1. The number of fused-ring (bicyclic) bond motifs is 1. The summed E-state index contributed by atoms with van der Waals surface area (Å²) in [6, 6.07) is 0. The number of ether oxygens (including phenoxy) is 1. The largest absolute Gasteiger partial charge is 0.459 e. The number of hydrogen-bond acceptors (Lipinski definition) is 7. The Labute approximate surface area is 132 Å². The fraction of sp³-hybridized carbons (Fsp3) is 0.500. The van der Waals surface area contributed by atoms with Crippen molar-refractivity contribution in [3.63, 3.8) is 0 Å². The fourth-order valence-electron chi connectivity index (χ4n) is 2.07. The molecule has 0 atom stereocenters. The third-order valence-corrected chi connectivity index (χ3v) is 4.29. The summed E-state index contributed by atoms with van der Waals surface area (Å²) < 4.78 is 6.64. The number of aryl methyl sites for hydroxylation is 1. The van der Waals surface area contributed by atoms with Gasteiger partial charge < -0.3 is 15.8 Å². The van der Waals surface area contributed by atoms with Crippen LogP contribution in [-0.4, -0.2) is 34.7 Å². The molecule has 0 fully saturated rings. The quantitative estimate of drug-likeness (QED) is 0.803. The molecule has 0 unspecified atom stereocenters. The van der Waals surface area contributed by atoms with E-state index in [9.17, 15) is 9.59 Å². The van der Waals surface area contributed by atoms with E-state index in [1.165, 1.54) is 15.9 Å². The fourth-order valence-corrected chi connectivity index (χ4v) is 3.12. The van der Waals surface area contributed by atoms with Crippen LogP contribution in [0.5, 0.6) is 0 Å². The molecule has 0 aromatic carbocycles. The third-order valence-electron chi connectivity index (χ3n) is 3.13. The van der Waals surface area contributed by atoms with Crippen LogP contribution < -0.4 is 16.6 Å². The van der Waals surface area contributed by atoms with Crippen LogP contribution in [0.4, 0.5) is 5.95 Å². The summed E-state index contributed by atoms with van der Waals surface area (Å²) in [6.45, 7) is 6.26. The topological polar surface area (TPSA) is 99.2 Å². The van der Waals surface area contributed by atoms with Crippen molar-refractivity contribution in [3.8, 4) is 0 Å². The van der Waals surface area contributed by atoms with Gasteiger partial charge in [-0.25, -0.2) is 9.78 Å². The first-order valence-corrected chi connectivity index (χ1v) is 7.83. The molecule has 2 heterocycles. The summed E-state index contributed by atoms with van der Waals surface area (Å²) in [5, 5.41) is 3.46. The highest BCUT2D eigenvalue weighted by molar-refractivity contribution is 7.20. The number of carbonyl (C=O) groups is 1. The van der Waals surface area contributed by atoms with E-state index < -0.39 is 5.97 Å². The molecule has 2 aromatic heterocycles. The average Bonchev–Trinajstić information content (AvgIpc) is 2.77. The number of aromatic nitrogens is 2. The van der Waals surface area contributed by atoms with Crippen molar-refractivity contribution in [1.29, 1.82) is 0 Å². The maximum atomic E-state index is 12.5. The lowest BCUT2D eigenvalue weighted by Gasteiger charge is -2.08. The minimum Gasteiger partial charge on any atom is -0.459 e. The van der Waals surface area contributed by atoms with Gasteiger partial charge in [0.1, 0.15) is 9.71 Å². The second-order valence-electron chi connectivity index (χ2n) is 5.21. The number of carbonyl (C=O) groups excluding carboxylic acids is 1. The van der Waals surface area contributed by atoms with Crippen LogP contribution in [0.1, 0.15) is 29.1 Å². The zero-order valence-electron chi connectivity index (χ0n) is 13.1. The number of esters is 1. The molecule has 22 heavy (non-hydrogen) atoms. The first-order chi connectivity index (χ1) is 10.4. The monoisotopic (exact) mass is 324 g/mol. The van der Waals surface area contributed by atoms with Gasteiger partial charge in [-0.15, -0.1) is 11.3 Å². The summed E-state index contributed by atoms with van der Waals surface area (Å²) >= 11 is 1.17. The van der Waals surface area contributed by atoms with Gasteiger partial charge in [-0.3, -0.25) is 9.36 Å². The highest BCUT2D eigenvalue weighted by Crippen LogP contribution is 2.28. The highest BCUT2D eigenvalue weighted by atomic mass is 32.1. The summed E-state index contributed by atoms with van der Waals surface area (Å²) in [4.78, 5) is 30.0. The van der Waals surface area contributed by atoms with Crippen LogP contribution in [-0.2, 0) is 11.8 Å². The normalized spacial score (nSPS) is 11.2. The maximum Gasteiger partial charge on any atom is 0.348 e. The van der Waals surface area contributed by atoms with Crippen molar-refractivity contribution in [2.24, 2.45) is 12.8 Å². The average molecular weight is 324 g/mol. The molecule has 8 heteroatoms. The third kappa shape index (κ3) is 2.97. The van der Waals surface area contributed by atoms with Crippen LogP contribution >= 0.6 is 11.3 Å². The van der Waals surface area contributed by atoms with Gasteiger partial charge in [0.05, 0.1) is 11.5 Å². The molecule has 0 radical (unpaired) electrons. The molecule has 0 aliphatic heterocycles. The lowest BCUT2D eigenvalue weighted by molar-refractivity contribution is 0.0383. The molecule has 0 saturated heterocycles. The van der Waals surface area contributed by atoms with E-state index in [1.54, 1.807) is 27.8 Å². The van der Waals surface area contributed by atoms with Crippen molar-refractivity contribution in [2.75, 3.05) is 18.4 Å². The van der Waals surface area contributed by atoms with Crippen molar-refractivity contribution in [3.05, 3.63) is 20.8 Å². The number of thiophene rings is 1. The molecular weight excluding hydrogens is 304 g/mol. The summed E-state index contributed by atoms with van der Waals surface area (Å²) in [5.74, 6) is 0.0157. The first kappa shape index (κ1) is 16.4. The Kier molecular flexibility index (Phi) is 4.82. The first-order valence-electron chi connectivity index (χ1n) is 7.01. The van der Waals surface area contributed by atoms with Crippen LogP contribution in [0.15, 0.2) is 4.79 Å². The van der Waals surface area contributed by atoms with E-state index in [-0.39, 0.29) is 11.7 Å². The van der Waals surface area contributed by atoms with Crippen LogP contribution in [0.2, 0.25) is 0 Å². The number of nitrogens with one attached hydrogen (secondary N) is 1. The van der Waals surface area contributed by atoms with Gasteiger partial charge in [0.2, 0.25) is 5.95 Å². The zero-order chi connectivity index (χ0) is 16.4. The van der Waals surface area contributed by atoms with Gasteiger partial charge in [-0.1, -0.05) is 0 Å². The standard InChI is InChI=1S/C14H20N4O3S/c1-7(2)21-13(20)10-8(3)9-11(22-10)17-14(16-6-5-15)18(4)12(9)19/h7H,5-6,15H2,1-4H3,(H,16,17). The van der Waals surface area contributed by atoms with E-state index in [2.05, 4.69) is 10.3 Å². The van der Waals surface area contributed by atoms with Crippen molar-refractivity contribution >= 4 is 33.5 Å². The van der Waals surface area contributed by atoms with Crippen LogP contribution in [0, 0.1) is 6.92 Å². The summed E-state index contributed by atoms with van der Waals surface area (Å²) in [6.07, 6.45) is -0.213. The van der Waals surface area contributed by atoms with Gasteiger partial charge >= 0.3 is 5.97 Å². The lowest BCUT2D eigenvalue weighted by Crippen LogP contribution is -2.24. The smallest absolute Gasteiger partial charge is 0.348 e. The number of nitrogens with zero attached hydrogens (tertiary/aromatic N) is 2. The van der Waals surface area contributed by atoms with Gasteiger partial charge in [-0.2, -0.15) is 0 Å². The molecule has 0 spiro atoms.